The molecule has 20 nitrogen and oxygen atoms in total. The summed E-state index contributed by atoms with van der Waals surface area (Å²) in [6.07, 6.45) is 4.78. The second-order valence-electron chi connectivity index (χ2n) is 23.4. The molecular weight excluding hydrogens is 1330 g/mol. The van der Waals surface area contributed by atoms with Crippen LogP contribution in [0.5, 0.6) is 11.5 Å². The number of likely N-dealkylation sites (N-methyl/N-ethyl adjacent to an activating group) is 2. The summed E-state index contributed by atoms with van der Waals surface area (Å²) in [6.45, 7) is 20.4. The van der Waals surface area contributed by atoms with E-state index in [1.54, 1.807) is 93.5 Å². The molecule has 0 aliphatic heterocycles. The van der Waals surface area contributed by atoms with Crippen LogP contribution < -0.4 is 18.5 Å². The molecule has 91 heavy (non-hydrogen) atoms. The molecule has 0 radical (unpaired) electrons. The van der Waals surface area contributed by atoms with Gasteiger partial charge in [-0.05, 0) is 191 Å². The molecule has 2 unspecified atom stereocenters. The number of benzene rings is 4. The molecule has 0 saturated carbocycles. The highest BCUT2D eigenvalue weighted by atomic mass is 79.9. The minimum atomic E-state index is -4.29. The molecule has 0 spiro atoms. The van der Waals surface area contributed by atoms with Crippen LogP contribution in [0.2, 0.25) is 10.0 Å². The van der Waals surface area contributed by atoms with Crippen LogP contribution in [0, 0.1) is 39.3 Å². The molecule has 0 aromatic heterocycles. The number of alkyl halides is 1. The Morgan fingerprint density at radius 1 is 0.615 bits per heavy atom. The first-order valence-electron chi connectivity index (χ1n) is 29.1. The first-order valence-corrected chi connectivity index (χ1v) is 34.0. The van der Waals surface area contributed by atoms with E-state index in [0.29, 0.717) is 54.5 Å². The molecule has 500 valence electrons. The highest BCUT2D eigenvalue weighted by molar-refractivity contribution is 9.08. The highest BCUT2D eigenvalue weighted by Gasteiger charge is 2.41. The summed E-state index contributed by atoms with van der Waals surface area (Å²) in [7, 11) is -5.28. The highest BCUT2D eigenvalue weighted by Crippen LogP contribution is 2.38. The van der Waals surface area contributed by atoms with Gasteiger partial charge in [-0.2, -0.15) is 0 Å². The Bertz CT molecular complexity index is 3570. The zero-order valence-corrected chi connectivity index (χ0v) is 58.4. The maximum atomic E-state index is 14.3. The number of carbonyl (C=O) groups excluding carboxylic acids is 6. The van der Waals surface area contributed by atoms with Crippen LogP contribution in [0.3, 0.4) is 0 Å². The number of nitrogens with one attached hydrogen (secondary N) is 1. The minimum Gasteiger partial charge on any atom is -0.463 e. The largest absolute Gasteiger partial charge is 0.463 e. The molecule has 0 fully saturated rings. The predicted octanol–water partition coefficient (Wildman–Crippen LogP) is 13.5. The lowest BCUT2D eigenvalue weighted by molar-refractivity contribution is -0.139. The Kier molecular flexibility index (Phi) is 28.4. The molecule has 1 N–H and O–H groups in total. The maximum Gasteiger partial charge on any atom is 0.410 e. The Hall–Kier alpha value is -6.80. The van der Waals surface area contributed by atoms with E-state index >= 15 is 0 Å². The van der Waals surface area contributed by atoms with E-state index in [9.17, 15) is 54.4 Å². The fraction of sp³-hybridized carbons (Fsp3) is 0.469. The van der Waals surface area contributed by atoms with Gasteiger partial charge in [0.1, 0.15) is 57.9 Å². The second kappa shape index (κ2) is 33.7. The van der Waals surface area contributed by atoms with Crippen molar-refractivity contribution < 1.29 is 82.8 Å². The van der Waals surface area contributed by atoms with Crippen molar-refractivity contribution in [3.8, 4) is 11.5 Å². The van der Waals surface area contributed by atoms with Gasteiger partial charge in [0.25, 0.3) is 0 Å². The number of allylic oxidation sites excluding steroid dienone is 2. The monoisotopic (exact) mass is 1410 g/mol. The Morgan fingerprint density at radius 2 is 1.02 bits per heavy atom. The number of amides is 2. The number of ether oxygens (including phenoxy) is 6. The third-order valence-corrected chi connectivity index (χ3v) is 18.4. The first kappa shape index (κ1) is 76.7. The van der Waals surface area contributed by atoms with Crippen LogP contribution in [0.15, 0.2) is 84.0 Å². The van der Waals surface area contributed by atoms with Crippen molar-refractivity contribution in [1.29, 1.82) is 0 Å². The summed E-state index contributed by atoms with van der Waals surface area (Å²) < 4.78 is 116. The van der Waals surface area contributed by atoms with Crippen molar-refractivity contribution in [2.24, 2.45) is 0 Å². The Morgan fingerprint density at radius 3 is 1.43 bits per heavy atom. The number of hydrogen-bond acceptors (Lipinski definition) is 16. The number of nitrogens with zero attached hydrogens (tertiary/aromatic N) is 3. The normalized spacial score (nSPS) is 14.9. The quantitative estimate of drug-likeness (QED) is 0.0397. The van der Waals surface area contributed by atoms with E-state index in [0.717, 1.165) is 55.5 Å². The van der Waals surface area contributed by atoms with Gasteiger partial charge in [-0.25, -0.2) is 54.4 Å². The molecule has 4 aromatic rings. The third kappa shape index (κ3) is 23.1. The summed E-state index contributed by atoms with van der Waals surface area (Å²) in [4.78, 5) is 75.9. The molecule has 0 bridgehead atoms. The SMILES string of the molecule is CCOC(=O)C1=CCCCC1S(=O)(=O)N(Cc1cc(C)c(OC(=O)CN(C)C(=O)OC(C)(C)C)c(C)c1)c1ccc(F)cc1Cl.CCOC(=O)C1=CCCCC1S(=O)(=O)Nc1ccc(F)cc1Cl.Cc1cc(CBr)cc(C)c1OC(=O)CN(C)C(=O)OC(C)(C)C. The lowest BCUT2D eigenvalue weighted by atomic mass is 9.99. The number of carbonyl (C=O) groups is 6. The van der Waals surface area contributed by atoms with Crippen molar-refractivity contribution in [2.75, 3.05) is 49.4 Å². The molecule has 4 aromatic carbocycles. The average Bonchev–Trinajstić information content (AvgIpc) is 0.794. The number of rotatable bonds is 19. The Balaban J connectivity index is 0.000000322. The molecule has 2 aliphatic rings. The van der Waals surface area contributed by atoms with Crippen LogP contribution in [-0.2, 0) is 70.0 Å². The van der Waals surface area contributed by atoms with Crippen LogP contribution >= 0.6 is 39.1 Å². The molecule has 2 aliphatic carbocycles. The van der Waals surface area contributed by atoms with E-state index in [1.807, 2.05) is 26.0 Å². The van der Waals surface area contributed by atoms with E-state index in [-0.39, 0.29) is 77.6 Å². The average molecular weight is 1420 g/mol. The predicted molar refractivity (Wildman–Crippen MR) is 349 cm³/mol. The second-order valence-corrected chi connectivity index (χ2v) is 28.7. The molecule has 2 atom stereocenters. The van der Waals surface area contributed by atoms with Crippen molar-refractivity contribution in [3.05, 3.63) is 139 Å². The zero-order chi connectivity index (χ0) is 68.5. The molecule has 27 heteroatoms. The number of aryl methyl sites for hydroxylation is 4. The first-order chi connectivity index (χ1) is 42.3. The number of halogens is 5. The lowest BCUT2D eigenvalue weighted by Crippen LogP contribution is -2.42. The van der Waals surface area contributed by atoms with Gasteiger partial charge in [-0.15, -0.1) is 0 Å². The van der Waals surface area contributed by atoms with E-state index in [4.69, 9.17) is 51.6 Å². The molecular formula is C64H81BrCl2F2N4O16S2. The van der Waals surface area contributed by atoms with Crippen molar-refractivity contribution in [2.45, 2.75) is 155 Å². The number of hydrogen-bond donors (Lipinski definition) is 1. The van der Waals surface area contributed by atoms with Crippen molar-refractivity contribution in [3.63, 3.8) is 0 Å². The zero-order valence-electron chi connectivity index (χ0n) is 53.6. The van der Waals surface area contributed by atoms with E-state index < -0.39 is 89.4 Å². The topological polar surface area (TPSA) is 248 Å². The van der Waals surface area contributed by atoms with Crippen LogP contribution in [0.4, 0.5) is 29.7 Å². The van der Waals surface area contributed by atoms with Gasteiger partial charge in [0.2, 0.25) is 20.0 Å². The molecule has 0 saturated heterocycles. The van der Waals surface area contributed by atoms with Crippen LogP contribution in [0.25, 0.3) is 0 Å². The van der Waals surface area contributed by atoms with Crippen molar-refractivity contribution in [1.82, 2.24) is 9.80 Å². The smallest absolute Gasteiger partial charge is 0.410 e. The van der Waals surface area contributed by atoms with Crippen molar-refractivity contribution >= 4 is 107 Å². The molecule has 6 rings (SSSR count). The van der Waals surface area contributed by atoms with Gasteiger partial charge in [0.05, 0.1) is 52.3 Å². The van der Waals surface area contributed by atoms with E-state index in [1.165, 1.54) is 31.1 Å². The van der Waals surface area contributed by atoms with Crippen LogP contribution in [-0.4, -0.2) is 125 Å². The fourth-order valence-corrected chi connectivity index (χ4v) is 13.9. The summed E-state index contributed by atoms with van der Waals surface area (Å²) in [5.41, 5.74) is 3.43. The van der Waals surface area contributed by atoms with E-state index in [2.05, 4.69) is 20.7 Å². The standard InChI is InChI=1S/C32H40ClFN2O8S.C17H24BrNO4.C15H17ClFNO4S/c1-8-42-30(38)24-11-9-10-12-27(24)45(40,41)36(26-14-13-23(34)17-25(26)33)18-22-15-20(2)29(21(3)16-22)43-28(37)19-35(7)31(39)44-32(4,5)6;1-11-7-13(9-18)8-12(2)15(11)22-14(20)10-19(6)16(21)23-17(3,4)5;1-2-22-15(19)11-5-3-4-6-14(11)23(20,21)18-13-8-7-10(17)9-12(13)16/h11,13-17,27H,8-10,12,18-19H2,1-7H3;7-8H,9-10H2,1-6H3;5,7-9,14,18H,2-4,6H2,1H3. The van der Waals surface area contributed by atoms with Gasteiger partial charge < -0.3 is 38.2 Å². The van der Waals surface area contributed by atoms with Gasteiger partial charge >= 0.3 is 36.1 Å². The van der Waals surface area contributed by atoms with Crippen LogP contribution in [0.1, 0.15) is 127 Å². The summed E-state index contributed by atoms with van der Waals surface area (Å²) in [6, 6.07) is 14.0. The summed E-state index contributed by atoms with van der Waals surface area (Å²) in [5, 5.41) is -1.65. The lowest BCUT2D eigenvalue weighted by Gasteiger charge is -2.32. The molecule has 2 amide bonds. The van der Waals surface area contributed by atoms with Gasteiger partial charge in [-0.3, -0.25) is 9.03 Å². The fourth-order valence-electron chi connectivity index (χ4n) is 9.36. The molecule has 0 heterocycles. The third-order valence-electron chi connectivity index (χ3n) is 13.3. The van der Waals surface area contributed by atoms with Gasteiger partial charge in [-0.1, -0.05) is 75.5 Å². The van der Waals surface area contributed by atoms with Gasteiger partial charge in [0.15, 0.2) is 0 Å². The summed E-state index contributed by atoms with van der Waals surface area (Å²) >= 11 is 15.6. The summed E-state index contributed by atoms with van der Waals surface area (Å²) in [5.74, 6) is -2.94. The Labute approximate surface area is 551 Å². The number of anilines is 2. The number of sulfonamides is 2. The maximum absolute atomic E-state index is 14.3. The van der Waals surface area contributed by atoms with Gasteiger partial charge in [0, 0.05) is 19.4 Å². The minimum absolute atomic E-state index is 0.0443. The number of esters is 4.